The molecule has 0 saturated heterocycles. The van der Waals surface area contributed by atoms with Crippen molar-refractivity contribution in [3.63, 3.8) is 0 Å². The van der Waals surface area contributed by atoms with Gasteiger partial charge in [-0.05, 0) is 74.3 Å². The summed E-state index contributed by atoms with van der Waals surface area (Å²) in [4.78, 5) is 1.43. The molecule has 2 heteroatoms. The van der Waals surface area contributed by atoms with Crippen LogP contribution >= 0.6 is 11.8 Å². The van der Waals surface area contributed by atoms with E-state index in [2.05, 4.69) is 42.6 Å². The van der Waals surface area contributed by atoms with Crippen molar-refractivity contribution < 1.29 is 0 Å². The Morgan fingerprint density at radius 3 is 2.62 bits per heavy atom. The van der Waals surface area contributed by atoms with Gasteiger partial charge in [-0.1, -0.05) is 31.5 Å². The van der Waals surface area contributed by atoms with Crippen molar-refractivity contribution in [3.05, 3.63) is 30.3 Å². The van der Waals surface area contributed by atoms with E-state index in [-0.39, 0.29) is 0 Å². The van der Waals surface area contributed by atoms with Crippen LogP contribution < -0.4 is 5.32 Å². The Kier molecular flexibility index (Phi) is 5.65. The third-order valence-electron chi connectivity index (χ3n) is 5.15. The molecule has 3 rings (SSSR count). The molecule has 116 valence electrons. The Morgan fingerprint density at radius 2 is 1.86 bits per heavy atom. The van der Waals surface area contributed by atoms with Crippen LogP contribution in [-0.2, 0) is 0 Å². The van der Waals surface area contributed by atoms with Crippen molar-refractivity contribution in [3.8, 4) is 0 Å². The Bertz CT molecular complexity index is 415. The number of hydrogen-bond acceptors (Lipinski definition) is 2. The molecule has 2 aliphatic rings. The molecule has 0 spiro atoms. The van der Waals surface area contributed by atoms with Crippen LogP contribution in [0.5, 0.6) is 0 Å². The molecule has 1 aromatic rings. The van der Waals surface area contributed by atoms with Gasteiger partial charge in [0.2, 0.25) is 0 Å². The maximum atomic E-state index is 3.77. The molecule has 21 heavy (non-hydrogen) atoms. The van der Waals surface area contributed by atoms with Gasteiger partial charge >= 0.3 is 0 Å². The molecule has 1 nitrogen and oxygen atoms in total. The summed E-state index contributed by atoms with van der Waals surface area (Å²) in [6.07, 6.45) is 8.56. The van der Waals surface area contributed by atoms with Gasteiger partial charge in [-0.2, -0.15) is 0 Å². The van der Waals surface area contributed by atoms with Crippen molar-refractivity contribution in [1.29, 1.82) is 0 Å². The van der Waals surface area contributed by atoms with Crippen LogP contribution in [0, 0.1) is 17.8 Å². The highest BCUT2D eigenvalue weighted by molar-refractivity contribution is 7.99. The van der Waals surface area contributed by atoms with E-state index in [0.29, 0.717) is 0 Å². The fourth-order valence-corrected chi connectivity index (χ4v) is 4.64. The average molecular weight is 304 g/mol. The van der Waals surface area contributed by atoms with E-state index in [4.69, 9.17) is 0 Å². The monoisotopic (exact) mass is 303 g/mol. The van der Waals surface area contributed by atoms with E-state index >= 15 is 0 Å². The molecule has 2 saturated carbocycles. The molecule has 1 N–H and O–H groups in total. The Morgan fingerprint density at radius 1 is 1.05 bits per heavy atom. The topological polar surface area (TPSA) is 12.0 Å². The minimum Gasteiger partial charge on any atom is -0.314 e. The molecule has 2 aliphatic carbocycles. The predicted molar refractivity (Wildman–Crippen MR) is 92.8 cm³/mol. The fraction of sp³-hybridized carbons (Fsp3) is 0.684. The SMILES string of the molecule is CC1CCC(CNC2CC2)C(CCSc2ccccc2)C1. The first-order chi connectivity index (χ1) is 10.3. The van der Waals surface area contributed by atoms with Gasteiger partial charge in [0, 0.05) is 10.9 Å². The second-order valence-corrected chi connectivity index (χ2v) is 8.24. The minimum absolute atomic E-state index is 0.865. The van der Waals surface area contributed by atoms with Crippen LogP contribution in [0.1, 0.15) is 45.4 Å². The van der Waals surface area contributed by atoms with E-state index in [1.54, 1.807) is 0 Å². The van der Waals surface area contributed by atoms with Crippen molar-refractivity contribution in [1.82, 2.24) is 5.32 Å². The maximum absolute atomic E-state index is 3.77. The van der Waals surface area contributed by atoms with Crippen LogP contribution in [0.4, 0.5) is 0 Å². The lowest BCUT2D eigenvalue weighted by atomic mass is 9.73. The standard InChI is InChI=1S/C19H29NS/c1-15-7-8-17(14-20-18-9-10-18)16(13-15)11-12-21-19-5-3-2-4-6-19/h2-6,15-18,20H,7-14H2,1H3. The molecular formula is C19H29NS. The van der Waals surface area contributed by atoms with Gasteiger partial charge in [0.25, 0.3) is 0 Å². The summed E-state index contributed by atoms with van der Waals surface area (Å²) < 4.78 is 0. The van der Waals surface area contributed by atoms with Gasteiger partial charge in [-0.3, -0.25) is 0 Å². The quantitative estimate of drug-likeness (QED) is 0.713. The lowest BCUT2D eigenvalue weighted by molar-refractivity contribution is 0.180. The molecule has 0 amide bonds. The number of thioether (sulfide) groups is 1. The average Bonchev–Trinajstić information content (AvgIpc) is 3.32. The molecule has 2 fully saturated rings. The molecule has 0 bridgehead atoms. The molecule has 1 aromatic carbocycles. The Hall–Kier alpha value is -0.470. The van der Waals surface area contributed by atoms with Crippen molar-refractivity contribution >= 4 is 11.8 Å². The maximum Gasteiger partial charge on any atom is 0.00719 e. The van der Waals surface area contributed by atoms with Gasteiger partial charge in [0.05, 0.1) is 0 Å². The third kappa shape index (κ3) is 5.03. The predicted octanol–water partition coefficient (Wildman–Crippen LogP) is 4.97. The van der Waals surface area contributed by atoms with Crippen LogP contribution in [0.2, 0.25) is 0 Å². The molecule has 0 aromatic heterocycles. The molecule has 3 atom stereocenters. The van der Waals surface area contributed by atoms with Crippen LogP contribution in [0.15, 0.2) is 35.2 Å². The van der Waals surface area contributed by atoms with Gasteiger partial charge < -0.3 is 5.32 Å². The second-order valence-electron chi connectivity index (χ2n) is 7.07. The summed E-state index contributed by atoms with van der Waals surface area (Å²) >= 11 is 2.03. The number of benzene rings is 1. The van der Waals surface area contributed by atoms with Gasteiger partial charge in [-0.15, -0.1) is 11.8 Å². The molecular weight excluding hydrogens is 274 g/mol. The summed E-state index contributed by atoms with van der Waals surface area (Å²) in [6, 6.07) is 11.7. The van der Waals surface area contributed by atoms with Crippen LogP contribution in [0.25, 0.3) is 0 Å². The number of nitrogens with one attached hydrogen (secondary N) is 1. The van der Waals surface area contributed by atoms with Gasteiger partial charge in [0.1, 0.15) is 0 Å². The Balaban J connectivity index is 1.45. The highest BCUT2D eigenvalue weighted by Crippen LogP contribution is 2.37. The number of hydrogen-bond donors (Lipinski definition) is 1. The summed E-state index contributed by atoms with van der Waals surface area (Å²) in [5.74, 6) is 4.09. The lowest BCUT2D eigenvalue weighted by Crippen LogP contribution is -2.33. The van der Waals surface area contributed by atoms with E-state index in [1.165, 1.54) is 55.7 Å². The van der Waals surface area contributed by atoms with E-state index in [0.717, 1.165) is 23.8 Å². The summed E-state index contributed by atoms with van der Waals surface area (Å²) in [5, 5.41) is 3.77. The number of rotatable bonds is 7. The summed E-state index contributed by atoms with van der Waals surface area (Å²) in [7, 11) is 0. The highest BCUT2D eigenvalue weighted by Gasteiger charge is 2.30. The lowest BCUT2D eigenvalue weighted by Gasteiger charge is -2.35. The first-order valence-corrected chi connectivity index (χ1v) is 9.71. The summed E-state index contributed by atoms with van der Waals surface area (Å²) in [6.45, 7) is 3.72. The first-order valence-electron chi connectivity index (χ1n) is 8.72. The van der Waals surface area contributed by atoms with Gasteiger partial charge in [0.15, 0.2) is 0 Å². The first kappa shape index (κ1) is 15.4. The molecule has 0 radical (unpaired) electrons. The molecule has 3 unspecified atom stereocenters. The van der Waals surface area contributed by atoms with E-state index in [9.17, 15) is 0 Å². The van der Waals surface area contributed by atoms with Crippen LogP contribution in [0.3, 0.4) is 0 Å². The largest absolute Gasteiger partial charge is 0.314 e. The van der Waals surface area contributed by atoms with Crippen LogP contribution in [-0.4, -0.2) is 18.3 Å². The van der Waals surface area contributed by atoms with Crippen molar-refractivity contribution in [2.75, 3.05) is 12.3 Å². The zero-order chi connectivity index (χ0) is 14.5. The van der Waals surface area contributed by atoms with Gasteiger partial charge in [-0.25, -0.2) is 0 Å². The normalized spacial score (nSPS) is 29.5. The molecule has 0 aliphatic heterocycles. The zero-order valence-corrected chi connectivity index (χ0v) is 14.1. The minimum atomic E-state index is 0.865. The zero-order valence-electron chi connectivity index (χ0n) is 13.3. The highest BCUT2D eigenvalue weighted by atomic mass is 32.2. The molecule has 0 heterocycles. The second kappa shape index (κ2) is 7.69. The van der Waals surface area contributed by atoms with Crippen molar-refractivity contribution in [2.24, 2.45) is 17.8 Å². The van der Waals surface area contributed by atoms with E-state index < -0.39 is 0 Å². The smallest absolute Gasteiger partial charge is 0.00719 e. The summed E-state index contributed by atoms with van der Waals surface area (Å²) in [5.41, 5.74) is 0. The fourth-order valence-electron chi connectivity index (χ4n) is 3.63. The third-order valence-corrected chi connectivity index (χ3v) is 6.19. The van der Waals surface area contributed by atoms with Crippen molar-refractivity contribution in [2.45, 2.75) is 56.4 Å². The Labute approximate surface area is 134 Å². The van der Waals surface area contributed by atoms with E-state index in [1.807, 2.05) is 11.8 Å².